The summed E-state index contributed by atoms with van der Waals surface area (Å²) in [6, 6.07) is 71.5. The van der Waals surface area contributed by atoms with Crippen LogP contribution in [0.25, 0.3) is 62.9 Å². The molecule has 0 spiro atoms. The molecular weight excluding hydrogens is 741 g/mol. The van der Waals surface area contributed by atoms with Crippen LogP contribution in [0.15, 0.2) is 194 Å². The topological polar surface area (TPSA) is 25.8 Å². The molecule has 0 saturated carbocycles. The molecule has 14 rings (SSSR count). The van der Waals surface area contributed by atoms with Gasteiger partial charge in [-0.25, -0.2) is 9.97 Å². The fraction of sp³-hybridized carbons (Fsp3) is 0.0370. The molecule has 0 saturated heterocycles. The Labute approximate surface area is 343 Å². The van der Waals surface area contributed by atoms with E-state index in [1.54, 1.807) is 11.3 Å². The minimum atomic E-state index is -0.740. The third-order valence-electron chi connectivity index (χ3n) is 12.9. The van der Waals surface area contributed by atoms with Gasteiger partial charge in [-0.05, 0) is 62.2 Å². The monoisotopic (exact) mass is 772 g/mol. The maximum atomic E-state index is 5.86. The van der Waals surface area contributed by atoms with Gasteiger partial charge in [0.2, 0.25) is 0 Å². The summed E-state index contributed by atoms with van der Waals surface area (Å²) in [4.78, 5) is 12.6. The first-order valence-electron chi connectivity index (χ1n) is 19.8. The number of hydrogen-bond donors (Lipinski definition) is 0. The van der Waals surface area contributed by atoms with Crippen LogP contribution in [0.1, 0.15) is 44.8 Å². The first-order chi connectivity index (χ1) is 28.8. The van der Waals surface area contributed by atoms with Gasteiger partial charge in [0.25, 0.3) is 0 Å². The minimum absolute atomic E-state index is 0.482. The Kier molecular flexibility index (Phi) is 6.64. The molecule has 0 atom stereocenters. The van der Waals surface area contributed by atoms with E-state index in [2.05, 4.69) is 194 Å². The molecule has 270 valence electrons. The largest absolute Gasteiger partial charge is 0.230 e. The lowest BCUT2D eigenvalue weighted by atomic mass is 9.45. The minimum Gasteiger partial charge on any atom is -0.230 e. The molecule has 58 heavy (non-hydrogen) atoms. The predicted octanol–water partition coefficient (Wildman–Crippen LogP) is 13.9. The smallest absolute Gasteiger partial charge is 0.150 e. The van der Waals surface area contributed by atoms with Gasteiger partial charge in [0, 0.05) is 41.2 Å². The second-order valence-corrected chi connectivity index (χ2v) is 17.6. The van der Waals surface area contributed by atoms with Crippen molar-refractivity contribution < 1.29 is 0 Å². The van der Waals surface area contributed by atoms with Crippen molar-refractivity contribution >= 4 is 63.1 Å². The highest BCUT2D eigenvalue weighted by molar-refractivity contribution is 7.26. The van der Waals surface area contributed by atoms with Gasteiger partial charge in [-0.1, -0.05) is 182 Å². The first-order valence-corrected chi connectivity index (χ1v) is 21.5. The molecule has 3 heterocycles. The average Bonchev–Trinajstić information content (AvgIpc) is 3.88. The van der Waals surface area contributed by atoms with Crippen LogP contribution in [0.5, 0.6) is 0 Å². The van der Waals surface area contributed by atoms with Crippen LogP contribution >= 0.6 is 22.7 Å². The Hall–Kier alpha value is -6.72. The molecule has 4 heteroatoms. The Balaban J connectivity index is 1.10. The number of nitrogens with zero attached hydrogens (tertiary/aromatic N) is 2. The van der Waals surface area contributed by atoms with Gasteiger partial charge in [-0.3, -0.25) is 0 Å². The van der Waals surface area contributed by atoms with Crippen LogP contribution in [0.3, 0.4) is 0 Å². The molecule has 0 unspecified atom stereocenters. The summed E-state index contributed by atoms with van der Waals surface area (Å²) in [5, 5.41) is 4.93. The van der Waals surface area contributed by atoms with Crippen molar-refractivity contribution in [2.75, 3.05) is 0 Å². The Morgan fingerprint density at radius 1 is 0.362 bits per heavy atom. The third-order valence-corrected chi connectivity index (χ3v) is 15.1. The highest BCUT2D eigenvalue weighted by Crippen LogP contribution is 2.65. The quantitative estimate of drug-likeness (QED) is 0.178. The van der Waals surface area contributed by atoms with Gasteiger partial charge in [-0.2, -0.15) is 0 Å². The van der Waals surface area contributed by atoms with E-state index in [9.17, 15) is 0 Å². The molecule has 3 aliphatic rings. The van der Waals surface area contributed by atoms with Gasteiger partial charge in [-0.15, -0.1) is 22.7 Å². The van der Waals surface area contributed by atoms with Gasteiger partial charge in [0.15, 0.2) is 0 Å². The molecule has 0 amide bonds. The van der Waals surface area contributed by atoms with Crippen molar-refractivity contribution in [3.63, 3.8) is 0 Å². The molecule has 11 aromatic rings. The zero-order valence-electron chi connectivity index (χ0n) is 31.2. The molecule has 3 aliphatic carbocycles. The Morgan fingerprint density at radius 2 is 0.862 bits per heavy atom. The van der Waals surface area contributed by atoms with E-state index in [4.69, 9.17) is 9.97 Å². The summed E-state index contributed by atoms with van der Waals surface area (Å²) < 4.78 is 3.85. The van der Waals surface area contributed by atoms with Crippen LogP contribution in [-0.4, -0.2) is 9.97 Å². The number of thiophene rings is 2. The Bertz CT molecular complexity index is 3350. The summed E-state index contributed by atoms with van der Waals surface area (Å²) in [6.07, 6.45) is 0. The zero-order valence-corrected chi connectivity index (χ0v) is 32.8. The fourth-order valence-electron chi connectivity index (χ4n) is 10.6. The SMILES string of the molecule is c1ccc(C23c4ccccc4C(c4nc(-c5ccc(-c6cccc7c6sc6ccccc67)cc5)c5c(n4)sc4ccccc45)(c4ccccc42)c2ccccc23)cc1. The molecule has 0 radical (unpaired) electrons. The molecule has 8 aromatic carbocycles. The van der Waals surface area contributed by atoms with E-state index in [1.165, 1.54) is 80.3 Å². The van der Waals surface area contributed by atoms with Gasteiger partial charge in [0.05, 0.1) is 11.1 Å². The highest BCUT2D eigenvalue weighted by Gasteiger charge is 2.61. The van der Waals surface area contributed by atoms with Crippen molar-refractivity contribution in [1.82, 2.24) is 9.97 Å². The van der Waals surface area contributed by atoms with Crippen molar-refractivity contribution in [2.45, 2.75) is 10.8 Å². The molecular formula is C54H32N2S2. The Morgan fingerprint density at radius 3 is 1.50 bits per heavy atom. The van der Waals surface area contributed by atoms with Gasteiger partial charge < -0.3 is 0 Å². The van der Waals surface area contributed by atoms with Crippen LogP contribution < -0.4 is 0 Å². The van der Waals surface area contributed by atoms with E-state index >= 15 is 0 Å². The standard InChI is InChI=1S/C54H32N2S2/c1-2-15-35(16-3-1)53-40-21-6-9-24-43(40)54(44-25-10-7-22-41(44)53,45-26-11-8-23-42(45)53)52-55-49(48-39-18-5-13-28-47(39)58-51(48)56-52)34-31-29-33(30-32-34)36-19-14-20-38-37-17-4-12-27-46(37)57-50(36)38/h1-32H. The van der Waals surface area contributed by atoms with Gasteiger partial charge >= 0.3 is 0 Å². The van der Waals surface area contributed by atoms with Crippen LogP contribution in [-0.2, 0) is 10.8 Å². The van der Waals surface area contributed by atoms with E-state index in [1.807, 2.05) is 11.3 Å². The number of hydrogen-bond acceptors (Lipinski definition) is 4. The van der Waals surface area contributed by atoms with E-state index in [0.29, 0.717) is 0 Å². The lowest BCUT2D eigenvalue weighted by molar-refractivity contribution is 0.538. The van der Waals surface area contributed by atoms with E-state index in [-0.39, 0.29) is 0 Å². The van der Waals surface area contributed by atoms with Crippen LogP contribution in [0.4, 0.5) is 0 Å². The summed E-state index contributed by atoms with van der Waals surface area (Å²) in [5.74, 6) is 0.814. The maximum Gasteiger partial charge on any atom is 0.150 e. The average molecular weight is 773 g/mol. The lowest BCUT2D eigenvalue weighted by Gasteiger charge is -2.56. The van der Waals surface area contributed by atoms with Crippen molar-refractivity contribution in [3.05, 3.63) is 239 Å². The number of rotatable bonds is 4. The summed E-state index contributed by atoms with van der Waals surface area (Å²) in [6.45, 7) is 0. The second kappa shape index (κ2) is 11.9. The summed E-state index contributed by atoms with van der Waals surface area (Å²) in [5.41, 5.74) is 12.2. The fourth-order valence-corrected chi connectivity index (χ4v) is 12.9. The summed E-state index contributed by atoms with van der Waals surface area (Å²) in [7, 11) is 0. The molecule has 2 bridgehead atoms. The van der Waals surface area contributed by atoms with Crippen LogP contribution in [0.2, 0.25) is 0 Å². The van der Waals surface area contributed by atoms with E-state index < -0.39 is 10.8 Å². The normalized spacial score (nSPS) is 17.8. The molecule has 0 N–H and O–H groups in total. The molecule has 0 fully saturated rings. The van der Waals surface area contributed by atoms with Gasteiger partial charge in [0.1, 0.15) is 16.1 Å². The number of aromatic nitrogens is 2. The number of fused-ring (bicyclic) bond motifs is 6. The molecule has 0 aliphatic heterocycles. The van der Waals surface area contributed by atoms with Crippen molar-refractivity contribution in [2.24, 2.45) is 0 Å². The predicted molar refractivity (Wildman–Crippen MR) is 242 cm³/mol. The summed E-state index contributed by atoms with van der Waals surface area (Å²) >= 11 is 3.64. The van der Waals surface area contributed by atoms with Crippen molar-refractivity contribution in [1.29, 1.82) is 0 Å². The van der Waals surface area contributed by atoms with E-state index in [0.717, 1.165) is 27.3 Å². The first kappa shape index (κ1) is 32.4. The number of benzene rings is 8. The molecule has 2 nitrogen and oxygen atoms in total. The molecule has 3 aromatic heterocycles. The second-order valence-electron chi connectivity index (χ2n) is 15.5. The maximum absolute atomic E-state index is 5.86. The highest BCUT2D eigenvalue weighted by atomic mass is 32.1. The lowest BCUT2D eigenvalue weighted by Crippen LogP contribution is -2.52. The van der Waals surface area contributed by atoms with Crippen molar-refractivity contribution in [3.8, 4) is 22.4 Å². The van der Waals surface area contributed by atoms with Crippen LogP contribution in [0, 0.1) is 0 Å². The zero-order chi connectivity index (χ0) is 38.0. The third kappa shape index (κ3) is 4.06.